The number of rotatable bonds is 3. The van der Waals surface area contributed by atoms with Crippen LogP contribution in [-0.2, 0) is 0 Å². The van der Waals surface area contributed by atoms with Crippen LogP contribution >= 0.6 is 0 Å². The Balaban J connectivity index is 2.23. The van der Waals surface area contributed by atoms with Crippen LogP contribution in [0, 0.1) is 20.8 Å². The molecule has 0 spiro atoms. The lowest BCUT2D eigenvalue weighted by molar-refractivity contribution is 0.0687. The Labute approximate surface area is 135 Å². The number of hydrogen-bond donors (Lipinski definition) is 1. The summed E-state index contributed by atoms with van der Waals surface area (Å²) in [4.78, 5) is 11.6. The van der Waals surface area contributed by atoms with Crippen LogP contribution in [0.3, 0.4) is 0 Å². The van der Waals surface area contributed by atoms with Crippen LogP contribution in [0.4, 0.5) is 0 Å². The van der Waals surface area contributed by atoms with Gasteiger partial charge in [0.05, 0.1) is 11.4 Å². The van der Waals surface area contributed by atoms with E-state index in [9.17, 15) is 9.90 Å². The van der Waals surface area contributed by atoms with Crippen LogP contribution < -0.4 is 0 Å². The highest BCUT2D eigenvalue weighted by Crippen LogP contribution is 2.26. The fraction of sp³-hybridized carbons (Fsp3) is 0.158. The lowest BCUT2D eigenvalue weighted by Gasteiger charge is -2.08. The second kappa shape index (κ2) is 5.72. The predicted molar refractivity (Wildman–Crippen MR) is 90.2 cm³/mol. The van der Waals surface area contributed by atoms with Crippen molar-refractivity contribution in [2.75, 3.05) is 0 Å². The number of benzene rings is 2. The van der Waals surface area contributed by atoms with Gasteiger partial charge >= 0.3 is 5.97 Å². The minimum atomic E-state index is -0.989. The molecule has 0 aliphatic heterocycles. The number of para-hydroxylation sites is 1. The quantitative estimate of drug-likeness (QED) is 0.790. The number of carboxylic acid groups (broad SMARTS) is 1. The van der Waals surface area contributed by atoms with Crippen LogP contribution in [0.15, 0.2) is 48.5 Å². The van der Waals surface area contributed by atoms with E-state index in [1.54, 1.807) is 6.07 Å². The number of hydrogen-bond acceptors (Lipinski definition) is 2. The first-order valence-corrected chi connectivity index (χ1v) is 7.44. The Morgan fingerprint density at radius 3 is 2.43 bits per heavy atom. The zero-order chi connectivity index (χ0) is 16.6. The molecule has 116 valence electrons. The van der Waals surface area contributed by atoms with Crippen molar-refractivity contribution in [2.45, 2.75) is 20.8 Å². The highest BCUT2D eigenvalue weighted by molar-refractivity contribution is 5.88. The molecule has 4 nitrogen and oxygen atoms in total. The van der Waals surface area contributed by atoms with Crippen LogP contribution in [0.25, 0.3) is 16.9 Å². The highest BCUT2D eigenvalue weighted by atomic mass is 16.4. The normalized spacial score (nSPS) is 10.7. The monoisotopic (exact) mass is 306 g/mol. The summed E-state index contributed by atoms with van der Waals surface area (Å²) in [7, 11) is 0. The van der Waals surface area contributed by atoms with E-state index in [0.717, 1.165) is 27.9 Å². The SMILES string of the molecule is Cc1ccc(C)c(-c2cc(C(=O)O)n(-c3ccccc3C)n2)c1. The second-order valence-electron chi connectivity index (χ2n) is 5.74. The smallest absolute Gasteiger partial charge is 0.354 e. The number of carboxylic acids is 1. The summed E-state index contributed by atoms with van der Waals surface area (Å²) in [6.07, 6.45) is 0. The maximum atomic E-state index is 11.6. The third kappa shape index (κ3) is 2.75. The van der Waals surface area contributed by atoms with Crippen LogP contribution in [-0.4, -0.2) is 20.9 Å². The second-order valence-corrected chi connectivity index (χ2v) is 5.74. The van der Waals surface area contributed by atoms with Crippen LogP contribution in [0.1, 0.15) is 27.2 Å². The molecule has 3 rings (SSSR count). The van der Waals surface area contributed by atoms with E-state index in [1.165, 1.54) is 4.68 Å². The zero-order valence-corrected chi connectivity index (χ0v) is 13.4. The largest absolute Gasteiger partial charge is 0.477 e. The molecule has 3 aromatic rings. The summed E-state index contributed by atoms with van der Waals surface area (Å²) >= 11 is 0. The molecule has 4 heteroatoms. The van der Waals surface area contributed by atoms with Gasteiger partial charge in [-0.25, -0.2) is 9.48 Å². The first kappa shape index (κ1) is 15.0. The molecular weight excluding hydrogens is 288 g/mol. The van der Waals surface area contributed by atoms with Crippen molar-refractivity contribution >= 4 is 5.97 Å². The first-order valence-electron chi connectivity index (χ1n) is 7.44. The van der Waals surface area contributed by atoms with Crippen molar-refractivity contribution in [3.05, 3.63) is 70.9 Å². The van der Waals surface area contributed by atoms with E-state index >= 15 is 0 Å². The fourth-order valence-corrected chi connectivity index (χ4v) is 2.66. The molecular formula is C19H18N2O2. The van der Waals surface area contributed by atoms with Crippen molar-refractivity contribution in [2.24, 2.45) is 0 Å². The van der Waals surface area contributed by atoms with Gasteiger partial charge in [0.25, 0.3) is 0 Å². The van der Waals surface area contributed by atoms with Gasteiger partial charge < -0.3 is 5.11 Å². The molecule has 2 aromatic carbocycles. The Kier molecular flexibility index (Phi) is 3.74. The molecule has 0 unspecified atom stereocenters. The van der Waals surface area contributed by atoms with E-state index in [2.05, 4.69) is 5.10 Å². The van der Waals surface area contributed by atoms with Crippen LogP contribution in [0.2, 0.25) is 0 Å². The van der Waals surface area contributed by atoms with Crippen molar-refractivity contribution in [1.82, 2.24) is 9.78 Å². The lowest BCUT2D eigenvalue weighted by Crippen LogP contribution is -2.08. The minimum Gasteiger partial charge on any atom is -0.477 e. The Hall–Kier alpha value is -2.88. The molecule has 0 atom stereocenters. The van der Waals surface area contributed by atoms with E-state index in [4.69, 9.17) is 0 Å². The summed E-state index contributed by atoms with van der Waals surface area (Å²) in [5, 5.41) is 14.1. The molecule has 0 aliphatic carbocycles. The van der Waals surface area contributed by atoms with Gasteiger partial charge in [-0.05, 0) is 50.1 Å². The third-order valence-corrected chi connectivity index (χ3v) is 3.94. The minimum absolute atomic E-state index is 0.162. The van der Waals surface area contributed by atoms with Gasteiger partial charge in [-0.3, -0.25) is 0 Å². The van der Waals surface area contributed by atoms with Crippen molar-refractivity contribution < 1.29 is 9.90 Å². The van der Waals surface area contributed by atoms with Gasteiger partial charge in [0.2, 0.25) is 0 Å². The van der Waals surface area contributed by atoms with Crippen molar-refractivity contribution in [3.8, 4) is 16.9 Å². The Bertz CT molecular complexity index is 894. The van der Waals surface area contributed by atoms with E-state index in [1.807, 2.05) is 63.2 Å². The average molecular weight is 306 g/mol. The van der Waals surface area contributed by atoms with E-state index < -0.39 is 5.97 Å². The molecule has 1 heterocycles. The molecule has 23 heavy (non-hydrogen) atoms. The van der Waals surface area contributed by atoms with Crippen LogP contribution in [0.5, 0.6) is 0 Å². The first-order chi connectivity index (χ1) is 11.0. The summed E-state index contributed by atoms with van der Waals surface area (Å²) in [6.45, 7) is 5.96. The zero-order valence-electron chi connectivity index (χ0n) is 13.4. The summed E-state index contributed by atoms with van der Waals surface area (Å²) in [5.74, 6) is -0.989. The number of carbonyl (C=O) groups is 1. The van der Waals surface area contributed by atoms with Gasteiger partial charge in [0.15, 0.2) is 5.69 Å². The summed E-state index contributed by atoms with van der Waals surface area (Å²) < 4.78 is 1.51. The standard InChI is InChI=1S/C19H18N2O2/c1-12-8-9-13(2)15(10-12)16-11-18(19(22)23)21(20-16)17-7-5-4-6-14(17)3/h4-11H,1-3H3,(H,22,23). The molecule has 1 aromatic heterocycles. The van der Waals surface area contributed by atoms with Crippen molar-refractivity contribution in [3.63, 3.8) is 0 Å². The maximum Gasteiger partial charge on any atom is 0.354 e. The molecule has 1 N–H and O–H groups in total. The van der Waals surface area contributed by atoms with Gasteiger partial charge in [-0.2, -0.15) is 5.10 Å². The Morgan fingerprint density at radius 2 is 1.74 bits per heavy atom. The number of aromatic nitrogens is 2. The maximum absolute atomic E-state index is 11.6. The molecule has 0 fully saturated rings. The lowest BCUT2D eigenvalue weighted by atomic mass is 10.0. The van der Waals surface area contributed by atoms with Gasteiger partial charge in [-0.15, -0.1) is 0 Å². The predicted octanol–water partition coefficient (Wildman–Crippen LogP) is 4.16. The van der Waals surface area contributed by atoms with E-state index in [0.29, 0.717) is 5.69 Å². The summed E-state index contributed by atoms with van der Waals surface area (Å²) in [6, 6.07) is 15.4. The van der Waals surface area contributed by atoms with Crippen molar-refractivity contribution in [1.29, 1.82) is 0 Å². The van der Waals surface area contributed by atoms with E-state index in [-0.39, 0.29) is 5.69 Å². The van der Waals surface area contributed by atoms with Gasteiger partial charge in [0, 0.05) is 5.56 Å². The average Bonchev–Trinajstić information content (AvgIpc) is 2.95. The molecule has 0 saturated heterocycles. The molecule has 0 saturated carbocycles. The third-order valence-electron chi connectivity index (χ3n) is 3.94. The fourth-order valence-electron chi connectivity index (χ4n) is 2.66. The molecule has 0 bridgehead atoms. The molecule has 0 radical (unpaired) electrons. The Morgan fingerprint density at radius 1 is 1.00 bits per heavy atom. The number of nitrogens with zero attached hydrogens (tertiary/aromatic N) is 2. The topological polar surface area (TPSA) is 55.1 Å². The van der Waals surface area contributed by atoms with Gasteiger partial charge in [0.1, 0.15) is 0 Å². The molecule has 0 aliphatic rings. The highest BCUT2D eigenvalue weighted by Gasteiger charge is 2.18. The number of aryl methyl sites for hydroxylation is 3. The summed E-state index contributed by atoms with van der Waals surface area (Å²) in [5.41, 5.74) is 5.74. The molecule has 0 amide bonds. The van der Waals surface area contributed by atoms with Gasteiger partial charge in [-0.1, -0.05) is 35.9 Å². The number of aromatic carboxylic acids is 1.